The molecule has 0 N–H and O–H groups in total. The van der Waals surface area contributed by atoms with E-state index in [2.05, 4.69) is 0 Å². The van der Waals surface area contributed by atoms with Crippen LogP contribution in [-0.2, 0) is 11.2 Å². The topological polar surface area (TPSA) is 133 Å². The molecular weight excluding hydrogens is 704 g/mol. The molecule has 4 aromatic carbocycles. The maximum absolute atomic E-state index is 12.9. The highest BCUT2D eigenvalue weighted by Crippen LogP contribution is 2.47. The van der Waals surface area contributed by atoms with E-state index in [-0.39, 0.29) is 12.1 Å². The number of benzene rings is 4. The van der Waals surface area contributed by atoms with Crippen molar-refractivity contribution in [2.45, 2.75) is 51.4 Å². The number of fused-ring (bicyclic) bond motifs is 4. The summed E-state index contributed by atoms with van der Waals surface area (Å²) in [5.41, 5.74) is 1.87. The van der Waals surface area contributed by atoms with Crippen molar-refractivity contribution in [1.29, 1.82) is 0 Å². The van der Waals surface area contributed by atoms with E-state index in [4.69, 9.17) is 37.3 Å². The highest BCUT2D eigenvalue weighted by molar-refractivity contribution is 5.99. The first kappa shape index (κ1) is 36.9. The minimum absolute atomic E-state index is 0.321. The number of ether oxygens (including phenoxy) is 6. The number of esters is 1. The Kier molecular flexibility index (Phi) is 9.64. The molecule has 0 aliphatic carbocycles. The van der Waals surface area contributed by atoms with Gasteiger partial charge in [0.2, 0.25) is 0 Å². The molecule has 8 rings (SSSR count). The minimum atomic E-state index is -0.820. The second-order valence-electron chi connectivity index (χ2n) is 14.2. The number of rotatable bonds is 7. The first-order valence-electron chi connectivity index (χ1n) is 17.6. The molecule has 11 nitrogen and oxygen atoms in total. The lowest BCUT2D eigenvalue weighted by Crippen LogP contribution is -2.43. The SMILES string of the molecule is CC(C)(OC(=O)c1ccccc1)C1Cc2cc3ccc(=O)oc3cc2O1.COc1ccc(-c2c(OC)c3c(OC)c4c(cc3oc2=O)OC(C)(C)C=C4)cc1. The number of methoxy groups -OCH3 is 3. The Hall–Kier alpha value is -6.49. The van der Waals surface area contributed by atoms with Gasteiger partial charge in [0, 0.05) is 30.0 Å². The Bertz CT molecular complexity index is 2560. The van der Waals surface area contributed by atoms with Crippen LogP contribution in [0.1, 0.15) is 49.2 Å². The monoisotopic (exact) mass is 744 g/mol. The third kappa shape index (κ3) is 7.25. The summed E-state index contributed by atoms with van der Waals surface area (Å²) in [6.07, 6.45) is 4.20. The molecule has 0 fully saturated rings. The van der Waals surface area contributed by atoms with Gasteiger partial charge in [-0.2, -0.15) is 0 Å². The van der Waals surface area contributed by atoms with Gasteiger partial charge < -0.3 is 37.3 Å². The van der Waals surface area contributed by atoms with Gasteiger partial charge in [-0.05, 0) is 87.4 Å². The zero-order chi connectivity index (χ0) is 39.1. The lowest BCUT2D eigenvalue weighted by atomic mass is 9.96. The molecule has 1 unspecified atom stereocenters. The molecule has 2 aliphatic heterocycles. The quantitative estimate of drug-likeness (QED) is 0.115. The van der Waals surface area contributed by atoms with Crippen LogP contribution in [0.3, 0.4) is 0 Å². The first-order valence-corrected chi connectivity index (χ1v) is 17.6. The van der Waals surface area contributed by atoms with Gasteiger partial charge in [-0.25, -0.2) is 14.4 Å². The summed E-state index contributed by atoms with van der Waals surface area (Å²) in [6, 6.07) is 24.5. The summed E-state index contributed by atoms with van der Waals surface area (Å²) in [6.45, 7) is 7.58. The van der Waals surface area contributed by atoms with Crippen LogP contribution in [0.2, 0.25) is 0 Å². The van der Waals surface area contributed by atoms with Crippen molar-refractivity contribution in [2.75, 3.05) is 21.3 Å². The predicted molar refractivity (Wildman–Crippen MR) is 208 cm³/mol. The largest absolute Gasteiger partial charge is 0.497 e. The molecule has 0 amide bonds. The van der Waals surface area contributed by atoms with Gasteiger partial charge in [0.05, 0.1) is 32.5 Å². The smallest absolute Gasteiger partial charge is 0.347 e. The summed E-state index contributed by atoms with van der Waals surface area (Å²) in [5.74, 6) is 2.46. The van der Waals surface area contributed by atoms with Crippen molar-refractivity contribution < 1.29 is 42.1 Å². The van der Waals surface area contributed by atoms with E-state index in [1.165, 1.54) is 13.2 Å². The Morgan fingerprint density at radius 3 is 2.20 bits per heavy atom. The Morgan fingerprint density at radius 1 is 0.800 bits per heavy atom. The molecule has 282 valence electrons. The molecule has 55 heavy (non-hydrogen) atoms. The highest BCUT2D eigenvalue weighted by atomic mass is 16.6. The molecule has 0 saturated heterocycles. The molecule has 4 heterocycles. The number of carbonyl (C=O) groups is 1. The minimum Gasteiger partial charge on any atom is -0.497 e. The molecule has 0 bridgehead atoms. The van der Waals surface area contributed by atoms with Gasteiger partial charge in [0.25, 0.3) is 0 Å². The third-order valence-electron chi connectivity index (χ3n) is 9.54. The van der Waals surface area contributed by atoms with Gasteiger partial charge in [0.1, 0.15) is 68.2 Å². The average Bonchev–Trinajstić information content (AvgIpc) is 3.60. The number of hydrogen-bond donors (Lipinski definition) is 0. The zero-order valence-corrected chi connectivity index (χ0v) is 31.5. The molecule has 11 heteroatoms. The zero-order valence-electron chi connectivity index (χ0n) is 31.5. The molecule has 2 aromatic heterocycles. The number of hydrogen-bond acceptors (Lipinski definition) is 11. The van der Waals surface area contributed by atoms with E-state index in [1.807, 2.05) is 52.0 Å². The van der Waals surface area contributed by atoms with E-state index < -0.39 is 22.5 Å². The maximum Gasteiger partial charge on any atom is 0.347 e. The van der Waals surface area contributed by atoms with Gasteiger partial charge >= 0.3 is 17.2 Å². The molecule has 0 spiro atoms. The van der Waals surface area contributed by atoms with E-state index >= 15 is 0 Å². The number of carbonyl (C=O) groups excluding carboxylic acids is 1. The van der Waals surface area contributed by atoms with E-state index in [0.717, 1.165) is 16.5 Å². The first-order chi connectivity index (χ1) is 26.3. The summed E-state index contributed by atoms with van der Waals surface area (Å²) in [5, 5.41) is 1.42. The summed E-state index contributed by atoms with van der Waals surface area (Å²) < 4.78 is 45.3. The fraction of sp³-hybridized carbons (Fsp3) is 0.250. The molecule has 2 aliphatic rings. The van der Waals surface area contributed by atoms with Crippen molar-refractivity contribution in [3.8, 4) is 39.9 Å². The summed E-state index contributed by atoms with van der Waals surface area (Å²) in [7, 11) is 4.68. The van der Waals surface area contributed by atoms with Crippen LogP contribution in [0, 0.1) is 0 Å². The Balaban J connectivity index is 0.000000170. The van der Waals surface area contributed by atoms with Gasteiger partial charge in [0.15, 0.2) is 0 Å². The van der Waals surface area contributed by atoms with Crippen molar-refractivity contribution in [3.63, 3.8) is 0 Å². The van der Waals surface area contributed by atoms with E-state index in [0.29, 0.717) is 68.4 Å². The lowest BCUT2D eigenvalue weighted by molar-refractivity contribution is -0.0517. The normalized spacial score (nSPS) is 15.1. The van der Waals surface area contributed by atoms with Gasteiger partial charge in [-0.3, -0.25) is 0 Å². The second kappa shape index (κ2) is 14.4. The lowest BCUT2D eigenvalue weighted by Gasteiger charge is -2.30. The van der Waals surface area contributed by atoms with Crippen LogP contribution < -0.4 is 34.9 Å². The molecular formula is C44H40O11. The van der Waals surface area contributed by atoms with Crippen molar-refractivity contribution in [1.82, 2.24) is 0 Å². The van der Waals surface area contributed by atoms with Crippen LogP contribution >= 0.6 is 0 Å². The predicted octanol–water partition coefficient (Wildman–Crippen LogP) is 8.40. The average molecular weight is 745 g/mol. The summed E-state index contributed by atoms with van der Waals surface area (Å²) in [4.78, 5) is 36.7. The van der Waals surface area contributed by atoms with Gasteiger partial charge in [-0.15, -0.1) is 0 Å². The van der Waals surface area contributed by atoms with Gasteiger partial charge in [-0.1, -0.05) is 30.3 Å². The van der Waals surface area contributed by atoms with Crippen molar-refractivity contribution in [2.24, 2.45) is 0 Å². The Morgan fingerprint density at radius 2 is 1.51 bits per heavy atom. The molecule has 0 radical (unpaired) electrons. The van der Waals surface area contributed by atoms with Crippen LogP contribution in [0.5, 0.6) is 28.7 Å². The van der Waals surface area contributed by atoms with Crippen LogP contribution in [0.4, 0.5) is 0 Å². The van der Waals surface area contributed by atoms with Crippen LogP contribution in [0.25, 0.3) is 39.1 Å². The summed E-state index contributed by atoms with van der Waals surface area (Å²) >= 11 is 0. The van der Waals surface area contributed by atoms with Crippen LogP contribution in [-0.4, -0.2) is 44.6 Å². The standard InChI is InChI=1S/C23H22O6.C21H18O5/c1-23(2)11-10-15-16(29-23)12-17-19(20(15)26-4)21(27-5)18(22(24)28-17)13-6-8-14(25-3)9-7-13;1-21(2,26-20(23)13-6-4-3-5-7-13)18-11-15-10-14-8-9-19(22)25-16(14)12-17(15)24-18/h6-12H,1-5H3;3-10,12,18H,11H2,1-2H3. The van der Waals surface area contributed by atoms with Crippen LogP contribution in [0.15, 0.2) is 109 Å². The molecule has 0 saturated carbocycles. The second-order valence-corrected chi connectivity index (χ2v) is 14.2. The third-order valence-corrected chi connectivity index (χ3v) is 9.54. The van der Waals surface area contributed by atoms with E-state index in [9.17, 15) is 14.4 Å². The fourth-order valence-electron chi connectivity index (χ4n) is 6.69. The maximum atomic E-state index is 12.9. The fourth-order valence-corrected chi connectivity index (χ4v) is 6.69. The highest BCUT2D eigenvalue weighted by Gasteiger charge is 2.40. The van der Waals surface area contributed by atoms with Crippen molar-refractivity contribution in [3.05, 3.63) is 129 Å². The molecule has 1 atom stereocenters. The molecule has 6 aromatic rings. The van der Waals surface area contributed by atoms with E-state index in [1.54, 1.807) is 80.9 Å². The van der Waals surface area contributed by atoms with Crippen molar-refractivity contribution >= 4 is 34.0 Å². The Labute approximate surface area is 316 Å².